The van der Waals surface area contributed by atoms with Crippen molar-refractivity contribution in [2.75, 3.05) is 13.1 Å². The number of nitriles is 1. The van der Waals surface area contributed by atoms with Gasteiger partial charge in [0, 0.05) is 24.6 Å². The minimum Gasteiger partial charge on any atom is -0.508 e. The summed E-state index contributed by atoms with van der Waals surface area (Å²) < 4.78 is 16.1. The summed E-state index contributed by atoms with van der Waals surface area (Å²) in [6.45, 7) is 5.73. The third kappa shape index (κ3) is 6.84. The summed E-state index contributed by atoms with van der Waals surface area (Å²) in [6, 6.07) is 14.5. The van der Waals surface area contributed by atoms with Gasteiger partial charge in [-0.15, -0.1) is 0 Å². The zero-order chi connectivity index (χ0) is 31.3. The lowest BCUT2D eigenvalue weighted by molar-refractivity contribution is -0.0722. The van der Waals surface area contributed by atoms with Crippen LogP contribution in [0.5, 0.6) is 5.75 Å². The molecule has 44 heavy (non-hydrogen) atoms. The highest BCUT2D eigenvalue weighted by atomic mass is 19.1. The molecule has 0 heterocycles. The van der Waals surface area contributed by atoms with E-state index in [1.165, 1.54) is 25.7 Å². The van der Waals surface area contributed by atoms with Gasteiger partial charge in [0.25, 0.3) is 5.91 Å². The first-order valence-corrected chi connectivity index (χ1v) is 17.2. The topological polar surface area (TPSA) is 84.6 Å². The van der Waals surface area contributed by atoms with Crippen LogP contribution < -0.4 is 0 Å². The van der Waals surface area contributed by atoms with Crippen LogP contribution in [0, 0.1) is 34.5 Å². The van der Waals surface area contributed by atoms with E-state index in [1.807, 2.05) is 17.0 Å². The molecule has 0 radical (unpaired) electrons. The Morgan fingerprint density at radius 3 is 2.45 bits per heavy atom. The van der Waals surface area contributed by atoms with E-state index in [1.54, 1.807) is 30.3 Å². The first-order valence-electron chi connectivity index (χ1n) is 17.2. The number of alkyl halides is 1. The average molecular weight is 603 g/mol. The number of rotatable bonds is 13. The molecule has 2 saturated carbocycles. The van der Waals surface area contributed by atoms with Crippen LogP contribution in [0.25, 0.3) is 0 Å². The quantitative estimate of drug-likeness (QED) is 0.226. The van der Waals surface area contributed by atoms with E-state index in [9.17, 15) is 20.3 Å². The number of halogens is 1. The van der Waals surface area contributed by atoms with Gasteiger partial charge >= 0.3 is 0 Å². The second-order valence-corrected chi connectivity index (χ2v) is 14.1. The molecule has 0 aromatic heterocycles. The molecular formula is C38H51FN2O3. The SMILES string of the molecule is CCCCCCCCN(CCCCC1Cc2cc(O)ccc2C2C(F)C[C@]3(C)C(O)CCC3C12)C(=O)c1ccc(C#N)cc1. The van der Waals surface area contributed by atoms with Gasteiger partial charge in [-0.3, -0.25) is 4.79 Å². The minimum atomic E-state index is -1.00. The molecule has 0 spiro atoms. The summed E-state index contributed by atoms with van der Waals surface area (Å²) in [4.78, 5) is 15.5. The molecule has 2 aromatic rings. The van der Waals surface area contributed by atoms with Gasteiger partial charge in [0.2, 0.25) is 0 Å². The number of fused-ring (bicyclic) bond motifs is 5. The van der Waals surface area contributed by atoms with Crippen LogP contribution in [0.3, 0.4) is 0 Å². The highest BCUT2D eigenvalue weighted by Gasteiger charge is 2.59. The number of aliphatic hydroxyl groups excluding tert-OH is 1. The van der Waals surface area contributed by atoms with Gasteiger partial charge < -0.3 is 15.1 Å². The van der Waals surface area contributed by atoms with E-state index >= 15 is 4.39 Å². The Labute approximate surface area is 263 Å². The largest absolute Gasteiger partial charge is 0.508 e. The molecule has 6 unspecified atom stereocenters. The van der Waals surface area contributed by atoms with Crippen LogP contribution in [-0.2, 0) is 6.42 Å². The first kappa shape index (κ1) is 32.5. The number of nitrogens with zero attached hydrogens (tertiary/aromatic N) is 2. The molecule has 6 heteroatoms. The van der Waals surface area contributed by atoms with Crippen molar-refractivity contribution in [3.8, 4) is 11.8 Å². The highest BCUT2D eigenvalue weighted by Crippen LogP contribution is 2.63. The third-order valence-electron chi connectivity index (χ3n) is 11.4. The number of aliphatic hydroxyl groups is 1. The fourth-order valence-electron chi connectivity index (χ4n) is 9.01. The third-order valence-corrected chi connectivity index (χ3v) is 11.4. The minimum absolute atomic E-state index is 0.0217. The predicted molar refractivity (Wildman–Crippen MR) is 172 cm³/mol. The number of carbonyl (C=O) groups is 1. The summed E-state index contributed by atoms with van der Waals surface area (Å²) in [6.07, 6.45) is 11.2. The number of phenols is 1. The standard InChI is InChI=1S/C38H51FN2O3/c1-3-4-5-6-7-9-20-41(37(44)27-14-12-26(25-40)13-15-27)21-10-8-11-28-22-29-23-30(42)16-17-31(29)36-33(39)24-38(2)32(35(28)36)18-19-34(38)43/h12-17,23,28,32-36,42-43H,3-11,18-22,24H2,1-2H3/t28?,32?,33?,34?,35?,36?,38-/m0/s1. The number of benzene rings is 2. The molecular weight excluding hydrogens is 551 g/mol. The lowest BCUT2D eigenvalue weighted by atomic mass is 9.51. The maximum atomic E-state index is 16.1. The molecule has 0 saturated heterocycles. The molecule has 1 amide bonds. The Morgan fingerprint density at radius 1 is 1.02 bits per heavy atom. The van der Waals surface area contributed by atoms with Gasteiger partial charge in [-0.05, 0) is 116 Å². The van der Waals surface area contributed by atoms with Crippen molar-refractivity contribution in [3.05, 3.63) is 64.7 Å². The zero-order valence-electron chi connectivity index (χ0n) is 26.7. The normalized spacial score (nSPS) is 28.9. The Morgan fingerprint density at radius 2 is 1.73 bits per heavy atom. The van der Waals surface area contributed by atoms with Gasteiger partial charge in [0.15, 0.2) is 0 Å². The molecule has 3 aliphatic carbocycles. The molecule has 2 N–H and O–H groups in total. The van der Waals surface area contributed by atoms with Crippen LogP contribution in [0.15, 0.2) is 42.5 Å². The maximum absolute atomic E-state index is 16.1. The summed E-state index contributed by atoms with van der Waals surface area (Å²) >= 11 is 0. The van der Waals surface area contributed by atoms with Gasteiger partial charge in [-0.1, -0.05) is 58.4 Å². The number of phenolic OH excluding ortho intramolecular Hbond substituents is 1. The van der Waals surface area contributed by atoms with Crippen LogP contribution >= 0.6 is 0 Å². The number of carbonyl (C=O) groups excluding carboxylic acids is 1. The Kier molecular flexibility index (Phi) is 10.7. The zero-order valence-corrected chi connectivity index (χ0v) is 26.7. The van der Waals surface area contributed by atoms with Crippen molar-refractivity contribution in [2.24, 2.45) is 23.2 Å². The molecule has 2 fully saturated rings. The Bertz CT molecular complexity index is 1310. The van der Waals surface area contributed by atoms with E-state index in [2.05, 4.69) is 19.9 Å². The number of hydrogen-bond acceptors (Lipinski definition) is 4. The van der Waals surface area contributed by atoms with E-state index < -0.39 is 12.3 Å². The smallest absolute Gasteiger partial charge is 0.253 e. The number of aromatic hydroxyl groups is 1. The van der Waals surface area contributed by atoms with Crippen molar-refractivity contribution < 1.29 is 19.4 Å². The second-order valence-electron chi connectivity index (χ2n) is 14.1. The van der Waals surface area contributed by atoms with E-state index in [4.69, 9.17) is 0 Å². The van der Waals surface area contributed by atoms with Crippen LogP contribution in [-0.4, -0.2) is 46.4 Å². The van der Waals surface area contributed by atoms with E-state index in [0.29, 0.717) is 30.0 Å². The average Bonchev–Trinajstić information content (AvgIpc) is 3.32. The summed E-state index contributed by atoms with van der Waals surface area (Å²) in [5.74, 6) is 0.827. The molecule has 0 aliphatic heterocycles. The summed E-state index contributed by atoms with van der Waals surface area (Å²) in [5, 5.41) is 30.4. The second kappa shape index (κ2) is 14.5. The van der Waals surface area contributed by atoms with Gasteiger partial charge in [0.1, 0.15) is 11.9 Å². The molecule has 0 bridgehead atoms. The predicted octanol–water partition coefficient (Wildman–Crippen LogP) is 8.33. The molecule has 5 rings (SSSR count). The Hall–Kier alpha value is -2.91. The lowest BCUT2D eigenvalue weighted by Crippen LogP contribution is -2.51. The van der Waals surface area contributed by atoms with Gasteiger partial charge in [0.05, 0.1) is 17.7 Å². The highest BCUT2D eigenvalue weighted by molar-refractivity contribution is 5.94. The molecule has 238 valence electrons. The fourth-order valence-corrected chi connectivity index (χ4v) is 9.01. The molecule has 7 atom stereocenters. The molecule has 2 aromatic carbocycles. The summed E-state index contributed by atoms with van der Waals surface area (Å²) in [7, 11) is 0. The van der Waals surface area contributed by atoms with Crippen molar-refractivity contribution >= 4 is 5.91 Å². The van der Waals surface area contributed by atoms with Crippen LogP contribution in [0.1, 0.15) is 124 Å². The lowest BCUT2D eigenvalue weighted by Gasteiger charge is -2.54. The van der Waals surface area contributed by atoms with Gasteiger partial charge in [-0.2, -0.15) is 5.26 Å². The van der Waals surface area contributed by atoms with Crippen LogP contribution in [0.2, 0.25) is 0 Å². The van der Waals surface area contributed by atoms with E-state index in [0.717, 1.165) is 69.0 Å². The van der Waals surface area contributed by atoms with E-state index in [-0.39, 0.29) is 34.8 Å². The van der Waals surface area contributed by atoms with Crippen molar-refractivity contribution in [1.29, 1.82) is 5.26 Å². The summed E-state index contributed by atoms with van der Waals surface area (Å²) in [5.41, 5.74) is 2.92. The maximum Gasteiger partial charge on any atom is 0.253 e. The number of unbranched alkanes of at least 4 members (excludes halogenated alkanes) is 6. The molecule has 3 aliphatic rings. The fraction of sp³-hybridized carbons (Fsp3) is 0.632. The van der Waals surface area contributed by atoms with Crippen LogP contribution in [0.4, 0.5) is 4.39 Å². The number of hydrogen-bond donors (Lipinski definition) is 2. The van der Waals surface area contributed by atoms with Crippen molar-refractivity contribution in [2.45, 2.75) is 116 Å². The van der Waals surface area contributed by atoms with Crippen molar-refractivity contribution in [3.63, 3.8) is 0 Å². The molecule has 5 nitrogen and oxygen atoms in total. The van der Waals surface area contributed by atoms with Gasteiger partial charge in [-0.25, -0.2) is 4.39 Å². The van der Waals surface area contributed by atoms with Crippen molar-refractivity contribution in [1.82, 2.24) is 4.90 Å². The first-order chi connectivity index (χ1) is 21.3. The number of amides is 1. The Balaban J connectivity index is 1.27. The monoisotopic (exact) mass is 602 g/mol.